The summed E-state index contributed by atoms with van der Waals surface area (Å²) >= 11 is 0. The molecule has 1 aromatic heterocycles. The number of hydrogen-bond donors (Lipinski definition) is 2. The number of methoxy groups -OCH3 is 1. The summed E-state index contributed by atoms with van der Waals surface area (Å²) < 4.78 is 5.02. The second kappa shape index (κ2) is 6.78. The summed E-state index contributed by atoms with van der Waals surface area (Å²) in [6, 6.07) is 0.957. The summed E-state index contributed by atoms with van der Waals surface area (Å²) in [7, 11) is 1.51. The van der Waals surface area contributed by atoms with Crippen LogP contribution in [-0.4, -0.2) is 34.2 Å². The second-order valence-electron chi connectivity index (χ2n) is 4.02. The van der Waals surface area contributed by atoms with Crippen molar-refractivity contribution in [2.45, 2.75) is 39.2 Å². The van der Waals surface area contributed by atoms with Gasteiger partial charge in [-0.2, -0.15) is 4.98 Å². The van der Waals surface area contributed by atoms with Crippen LogP contribution in [0.15, 0.2) is 6.07 Å². The van der Waals surface area contributed by atoms with Crippen LogP contribution in [0.3, 0.4) is 0 Å². The number of hydrogen-bond acceptors (Lipinski definition) is 5. The molecule has 0 amide bonds. The van der Waals surface area contributed by atoms with Crippen LogP contribution in [0.4, 0.5) is 5.82 Å². The third-order valence-electron chi connectivity index (χ3n) is 2.49. The first-order chi connectivity index (χ1) is 8.56. The molecule has 0 bridgehead atoms. The molecule has 0 fully saturated rings. The van der Waals surface area contributed by atoms with Crippen LogP contribution >= 0.6 is 0 Å². The Morgan fingerprint density at radius 1 is 1.56 bits per heavy atom. The fourth-order valence-corrected chi connectivity index (χ4v) is 1.56. The van der Waals surface area contributed by atoms with Crippen LogP contribution in [0.1, 0.15) is 32.0 Å². The summed E-state index contributed by atoms with van der Waals surface area (Å²) in [5.74, 6) is 0.558. The van der Waals surface area contributed by atoms with Gasteiger partial charge in [-0.15, -0.1) is 0 Å². The molecule has 100 valence electrons. The highest BCUT2D eigenvalue weighted by Crippen LogP contribution is 2.15. The highest BCUT2D eigenvalue weighted by Gasteiger charge is 2.17. The predicted molar refractivity (Wildman–Crippen MR) is 67.9 cm³/mol. The maximum atomic E-state index is 11.1. The molecular weight excluding hydrogens is 234 g/mol. The molecule has 0 aliphatic carbocycles. The Kier molecular flexibility index (Phi) is 5.35. The maximum absolute atomic E-state index is 11.1. The Morgan fingerprint density at radius 2 is 2.28 bits per heavy atom. The van der Waals surface area contributed by atoms with Gasteiger partial charge >= 0.3 is 5.97 Å². The zero-order chi connectivity index (χ0) is 13.5. The highest BCUT2D eigenvalue weighted by atomic mass is 16.5. The van der Waals surface area contributed by atoms with Crippen molar-refractivity contribution in [2.75, 3.05) is 12.4 Å². The van der Waals surface area contributed by atoms with Gasteiger partial charge in [-0.3, -0.25) is 0 Å². The van der Waals surface area contributed by atoms with Crippen LogP contribution in [0, 0.1) is 6.92 Å². The summed E-state index contributed by atoms with van der Waals surface area (Å²) in [5.41, 5.74) is 0. The average molecular weight is 253 g/mol. The molecule has 0 aliphatic heterocycles. The van der Waals surface area contributed by atoms with Gasteiger partial charge in [0.15, 0.2) is 0 Å². The van der Waals surface area contributed by atoms with Gasteiger partial charge in [0.05, 0.1) is 7.11 Å². The number of nitrogens with one attached hydrogen (secondary N) is 1. The smallest absolute Gasteiger partial charge is 0.326 e. The Balaban J connectivity index is 2.79. The van der Waals surface area contributed by atoms with Crippen LogP contribution < -0.4 is 10.1 Å². The topological polar surface area (TPSA) is 84.3 Å². The monoisotopic (exact) mass is 253 g/mol. The van der Waals surface area contributed by atoms with Crippen molar-refractivity contribution in [3.63, 3.8) is 0 Å². The van der Waals surface area contributed by atoms with Gasteiger partial charge in [0, 0.05) is 6.07 Å². The molecule has 0 saturated carbocycles. The first-order valence-electron chi connectivity index (χ1n) is 5.95. The number of anilines is 1. The molecule has 2 N–H and O–H groups in total. The van der Waals surface area contributed by atoms with E-state index in [1.807, 2.05) is 6.92 Å². The number of nitrogens with zero attached hydrogens (tertiary/aromatic N) is 2. The molecule has 18 heavy (non-hydrogen) atoms. The van der Waals surface area contributed by atoms with E-state index < -0.39 is 12.0 Å². The minimum atomic E-state index is -0.876. The minimum Gasteiger partial charge on any atom is -0.481 e. The summed E-state index contributed by atoms with van der Waals surface area (Å²) in [5, 5.41) is 12.0. The van der Waals surface area contributed by atoms with Crippen molar-refractivity contribution in [2.24, 2.45) is 0 Å². The van der Waals surface area contributed by atoms with Crippen molar-refractivity contribution in [3.05, 3.63) is 11.9 Å². The maximum Gasteiger partial charge on any atom is 0.326 e. The van der Waals surface area contributed by atoms with Gasteiger partial charge in [-0.1, -0.05) is 19.8 Å². The van der Waals surface area contributed by atoms with Crippen molar-refractivity contribution in [1.82, 2.24) is 9.97 Å². The number of carboxylic acids is 1. The lowest BCUT2D eigenvalue weighted by atomic mass is 10.1. The lowest BCUT2D eigenvalue weighted by Gasteiger charge is -2.15. The van der Waals surface area contributed by atoms with Gasteiger partial charge in [0.1, 0.15) is 17.7 Å². The van der Waals surface area contributed by atoms with E-state index in [9.17, 15) is 4.79 Å². The Hall–Kier alpha value is -1.85. The zero-order valence-electron chi connectivity index (χ0n) is 10.9. The van der Waals surface area contributed by atoms with E-state index in [1.165, 1.54) is 7.11 Å². The Morgan fingerprint density at radius 3 is 2.83 bits per heavy atom. The van der Waals surface area contributed by atoms with Gasteiger partial charge < -0.3 is 15.2 Å². The predicted octanol–water partition coefficient (Wildman–Crippen LogP) is 1.85. The molecule has 6 heteroatoms. The third kappa shape index (κ3) is 4.20. The standard InChI is InChI=1S/C12H19N3O3/c1-4-5-6-9(12(16)17)15-10-7-11(18-3)14-8(2)13-10/h7,9H,4-6H2,1-3H3,(H,16,17)(H,13,14,15). The number of aliphatic carboxylic acids is 1. The summed E-state index contributed by atoms with van der Waals surface area (Å²) in [6.45, 7) is 3.76. The second-order valence-corrected chi connectivity index (χ2v) is 4.02. The van der Waals surface area contributed by atoms with Crippen LogP contribution in [0.2, 0.25) is 0 Å². The molecule has 0 aliphatic rings. The lowest BCUT2D eigenvalue weighted by molar-refractivity contribution is -0.138. The summed E-state index contributed by atoms with van der Waals surface area (Å²) in [4.78, 5) is 19.3. The highest BCUT2D eigenvalue weighted by molar-refractivity contribution is 5.76. The average Bonchev–Trinajstić information content (AvgIpc) is 2.33. The van der Waals surface area contributed by atoms with Crippen LogP contribution in [0.25, 0.3) is 0 Å². The largest absolute Gasteiger partial charge is 0.481 e. The third-order valence-corrected chi connectivity index (χ3v) is 2.49. The molecular formula is C12H19N3O3. The summed E-state index contributed by atoms with van der Waals surface area (Å²) in [6.07, 6.45) is 2.37. The molecule has 1 unspecified atom stereocenters. The Labute approximate surface area is 106 Å². The van der Waals surface area contributed by atoms with E-state index in [0.29, 0.717) is 23.9 Å². The Bertz CT molecular complexity index is 410. The molecule has 1 aromatic rings. The van der Waals surface area contributed by atoms with E-state index in [2.05, 4.69) is 15.3 Å². The van der Waals surface area contributed by atoms with Crippen molar-refractivity contribution in [1.29, 1.82) is 0 Å². The molecule has 0 radical (unpaired) electrons. The molecule has 1 rings (SSSR count). The van der Waals surface area contributed by atoms with Crippen molar-refractivity contribution in [3.8, 4) is 5.88 Å². The van der Waals surface area contributed by atoms with Gasteiger partial charge in [0.2, 0.25) is 5.88 Å². The normalized spacial score (nSPS) is 11.9. The van der Waals surface area contributed by atoms with E-state index in [-0.39, 0.29) is 0 Å². The number of carboxylic acid groups (broad SMARTS) is 1. The molecule has 0 aromatic carbocycles. The minimum absolute atomic E-state index is 0.421. The number of aryl methyl sites for hydroxylation is 1. The van der Waals surface area contributed by atoms with E-state index >= 15 is 0 Å². The van der Waals surface area contributed by atoms with Gasteiger partial charge in [-0.25, -0.2) is 9.78 Å². The van der Waals surface area contributed by atoms with E-state index in [1.54, 1.807) is 13.0 Å². The van der Waals surface area contributed by atoms with Crippen molar-refractivity contribution >= 4 is 11.8 Å². The fraction of sp³-hybridized carbons (Fsp3) is 0.583. The number of ether oxygens (including phenoxy) is 1. The lowest BCUT2D eigenvalue weighted by Crippen LogP contribution is -2.29. The number of carbonyl (C=O) groups is 1. The van der Waals surface area contributed by atoms with Gasteiger partial charge in [-0.05, 0) is 13.3 Å². The van der Waals surface area contributed by atoms with Crippen molar-refractivity contribution < 1.29 is 14.6 Å². The molecule has 6 nitrogen and oxygen atoms in total. The molecule has 0 spiro atoms. The van der Waals surface area contributed by atoms with E-state index in [0.717, 1.165) is 12.8 Å². The molecule has 0 saturated heterocycles. The first kappa shape index (κ1) is 14.2. The van der Waals surface area contributed by atoms with Crippen LogP contribution in [-0.2, 0) is 4.79 Å². The number of aromatic nitrogens is 2. The zero-order valence-corrected chi connectivity index (χ0v) is 10.9. The molecule has 1 atom stereocenters. The first-order valence-corrected chi connectivity index (χ1v) is 5.95. The van der Waals surface area contributed by atoms with Gasteiger partial charge in [0.25, 0.3) is 0 Å². The molecule has 1 heterocycles. The number of unbranched alkanes of at least 4 members (excludes halogenated alkanes) is 1. The fourth-order valence-electron chi connectivity index (χ4n) is 1.56. The quantitative estimate of drug-likeness (QED) is 0.771. The number of rotatable bonds is 7. The SMILES string of the molecule is CCCCC(Nc1cc(OC)nc(C)n1)C(=O)O. The van der Waals surface area contributed by atoms with Crippen LogP contribution in [0.5, 0.6) is 5.88 Å². The van der Waals surface area contributed by atoms with E-state index in [4.69, 9.17) is 9.84 Å².